The Morgan fingerprint density at radius 2 is 1.70 bits per heavy atom. The van der Waals surface area contributed by atoms with E-state index in [4.69, 9.17) is 4.74 Å². The maximum Gasteiger partial charge on any atom is 0.416 e. The van der Waals surface area contributed by atoms with E-state index in [0.29, 0.717) is 48.7 Å². The van der Waals surface area contributed by atoms with Crippen molar-refractivity contribution in [3.8, 4) is 11.5 Å². The van der Waals surface area contributed by atoms with Crippen molar-refractivity contribution in [3.05, 3.63) is 77.0 Å². The van der Waals surface area contributed by atoms with Gasteiger partial charge in [-0.05, 0) is 91.7 Å². The van der Waals surface area contributed by atoms with Crippen LogP contribution in [0.3, 0.4) is 0 Å². The van der Waals surface area contributed by atoms with Crippen LogP contribution in [0.25, 0.3) is 0 Å². The Kier molecular flexibility index (Phi) is 8.07. The number of halogens is 3. The SMILES string of the molecule is CCNCc1cc(NC(=O)C2CCc3ccc(Oc4ccnc(NC(=O)C5CC5)c4)cc3C2)cc(C(F)(F)F)c1. The van der Waals surface area contributed by atoms with Crippen LogP contribution in [0.4, 0.5) is 24.7 Å². The maximum atomic E-state index is 13.5. The van der Waals surface area contributed by atoms with Gasteiger partial charge in [-0.3, -0.25) is 9.59 Å². The fourth-order valence-corrected chi connectivity index (χ4v) is 4.82. The summed E-state index contributed by atoms with van der Waals surface area (Å²) >= 11 is 0. The number of amides is 2. The summed E-state index contributed by atoms with van der Waals surface area (Å²) in [4.78, 5) is 29.4. The van der Waals surface area contributed by atoms with E-state index in [2.05, 4.69) is 20.9 Å². The van der Waals surface area contributed by atoms with Crippen molar-refractivity contribution in [2.24, 2.45) is 11.8 Å². The number of nitrogens with zero attached hydrogens (tertiary/aromatic N) is 1. The summed E-state index contributed by atoms with van der Waals surface area (Å²) in [5.74, 6) is 0.843. The number of aryl methyl sites for hydroxylation is 1. The third-order valence-electron chi connectivity index (χ3n) is 7.11. The van der Waals surface area contributed by atoms with Gasteiger partial charge in [-0.15, -0.1) is 0 Å². The number of rotatable bonds is 9. The molecule has 3 N–H and O–H groups in total. The van der Waals surface area contributed by atoms with Crippen molar-refractivity contribution >= 4 is 23.3 Å². The van der Waals surface area contributed by atoms with Crippen molar-refractivity contribution in [3.63, 3.8) is 0 Å². The molecule has 40 heavy (non-hydrogen) atoms. The van der Waals surface area contributed by atoms with Crippen LogP contribution < -0.4 is 20.7 Å². The number of hydrogen-bond acceptors (Lipinski definition) is 5. The van der Waals surface area contributed by atoms with Gasteiger partial charge in [0.2, 0.25) is 11.8 Å². The number of carbonyl (C=O) groups is 2. The Bertz CT molecular complexity index is 1410. The summed E-state index contributed by atoms with van der Waals surface area (Å²) in [6, 6.07) is 12.7. The molecule has 2 aromatic carbocycles. The van der Waals surface area contributed by atoms with E-state index in [-0.39, 0.29) is 35.9 Å². The third kappa shape index (κ3) is 6.98. The molecule has 1 unspecified atom stereocenters. The van der Waals surface area contributed by atoms with E-state index in [0.717, 1.165) is 36.1 Å². The summed E-state index contributed by atoms with van der Waals surface area (Å²) in [6.45, 7) is 2.76. The Hall–Kier alpha value is -3.92. The molecule has 3 aromatic rings. The fourth-order valence-electron chi connectivity index (χ4n) is 4.82. The van der Waals surface area contributed by atoms with Gasteiger partial charge >= 0.3 is 6.18 Å². The number of benzene rings is 2. The monoisotopic (exact) mass is 552 g/mol. The second-order valence-corrected chi connectivity index (χ2v) is 10.3. The summed E-state index contributed by atoms with van der Waals surface area (Å²) in [5.41, 5.74) is 1.86. The lowest BCUT2D eigenvalue weighted by molar-refractivity contribution is -0.137. The predicted octanol–water partition coefficient (Wildman–Crippen LogP) is 6.09. The first-order valence-electron chi connectivity index (χ1n) is 13.5. The van der Waals surface area contributed by atoms with Crippen LogP contribution in [-0.4, -0.2) is 23.3 Å². The van der Waals surface area contributed by atoms with Gasteiger partial charge < -0.3 is 20.7 Å². The zero-order valence-corrected chi connectivity index (χ0v) is 22.1. The average Bonchev–Trinajstić information content (AvgIpc) is 3.77. The molecule has 2 aliphatic carbocycles. The molecule has 1 atom stereocenters. The Morgan fingerprint density at radius 1 is 0.925 bits per heavy atom. The molecule has 1 aromatic heterocycles. The number of nitrogens with one attached hydrogen (secondary N) is 3. The molecular weight excluding hydrogens is 521 g/mol. The van der Waals surface area contributed by atoms with Crippen molar-refractivity contribution in [2.45, 2.75) is 51.7 Å². The van der Waals surface area contributed by atoms with Gasteiger partial charge in [0.05, 0.1) is 5.56 Å². The van der Waals surface area contributed by atoms with Crippen molar-refractivity contribution in [2.75, 3.05) is 17.2 Å². The minimum Gasteiger partial charge on any atom is -0.457 e. The van der Waals surface area contributed by atoms with Crippen LogP contribution in [-0.2, 0) is 35.2 Å². The van der Waals surface area contributed by atoms with Gasteiger partial charge in [0.25, 0.3) is 0 Å². The zero-order chi connectivity index (χ0) is 28.3. The third-order valence-corrected chi connectivity index (χ3v) is 7.11. The molecule has 0 saturated heterocycles. The van der Waals surface area contributed by atoms with Crippen LogP contribution in [0.2, 0.25) is 0 Å². The van der Waals surface area contributed by atoms with Crippen molar-refractivity contribution < 1.29 is 27.5 Å². The molecule has 5 rings (SSSR count). The first-order valence-corrected chi connectivity index (χ1v) is 13.5. The molecule has 0 bridgehead atoms. The van der Waals surface area contributed by atoms with E-state index < -0.39 is 11.7 Å². The van der Waals surface area contributed by atoms with Crippen LogP contribution in [0.5, 0.6) is 11.5 Å². The molecule has 1 saturated carbocycles. The fraction of sp³-hybridized carbons (Fsp3) is 0.367. The summed E-state index contributed by atoms with van der Waals surface area (Å²) in [6.07, 6.45) is 0.557. The molecule has 2 amide bonds. The molecule has 10 heteroatoms. The summed E-state index contributed by atoms with van der Waals surface area (Å²) in [7, 11) is 0. The maximum absolute atomic E-state index is 13.5. The number of fused-ring (bicyclic) bond motifs is 1. The highest BCUT2D eigenvalue weighted by atomic mass is 19.4. The number of ether oxygens (including phenoxy) is 1. The van der Waals surface area contributed by atoms with Gasteiger partial charge in [0.15, 0.2) is 0 Å². The topological polar surface area (TPSA) is 92.3 Å². The summed E-state index contributed by atoms with van der Waals surface area (Å²) < 4.78 is 46.4. The number of anilines is 2. The van der Waals surface area contributed by atoms with E-state index in [9.17, 15) is 22.8 Å². The second kappa shape index (κ2) is 11.7. The molecule has 1 heterocycles. The van der Waals surface area contributed by atoms with Crippen LogP contribution in [0.15, 0.2) is 54.7 Å². The molecule has 0 radical (unpaired) electrons. The number of hydrogen-bond donors (Lipinski definition) is 3. The molecule has 210 valence electrons. The van der Waals surface area contributed by atoms with Crippen molar-refractivity contribution in [1.82, 2.24) is 10.3 Å². The average molecular weight is 553 g/mol. The van der Waals surface area contributed by atoms with Crippen LogP contribution >= 0.6 is 0 Å². The first-order chi connectivity index (χ1) is 19.2. The zero-order valence-electron chi connectivity index (χ0n) is 22.1. The Balaban J connectivity index is 1.26. The Labute approximate surface area is 230 Å². The summed E-state index contributed by atoms with van der Waals surface area (Å²) in [5, 5.41) is 8.55. The predicted molar refractivity (Wildman–Crippen MR) is 145 cm³/mol. The number of carbonyl (C=O) groups excluding carboxylic acids is 2. The minimum absolute atomic E-state index is 0.0401. The van der Waals surface area contributed by atoms with Gasteiger partial charge in [0, 0.05) is 36.3 Å². The van der Waals surface area contributed by atoms with E-state index >= 15 is 0 Å². The molecule has 0 spiro atoms. The lowest BCUT2D eigenvalue weighted by Gasteiger charge is -2.25. The van der Waals surface area contributed by atoms with Crippen LogP contribution in [0, 0.1) is 11.8 Å². The number of alkyl halides is 3. The van der Waals surface area contributed by atoms with E-state index in [1.54, 1.807) is 24.4 Å². The number of pyridine rings is 1. The standard InChI is InChI=1S/C30H31F3N4O3/c1-2-34-17-18-11-23(30(31,32)33)15-24(12-18)36-29(39)21-6-3-19-7-8-25(14-22(19)13-21)40-26-9-10-35-27(16-26)37-28(38)20-4-5-20/h7-12,14-16,20-21,34H,2-6,13,17H2,1H3,(H,36,39)(H,35,37,38). The van der Waals surface area contributed by atoms with Gasteiger partial charge in [-0.2, -0.15) is 13.2 Å². The number of aromatic nitrogens is 1. The lowest BCUT2D eigenvalue weighted by Crippen LogP contribution is -2.28. The van der Waals surface area contributed by atoms with Crippen molar-refractivity contribution in [1.29, 1.82) is 0 Å². The van der Waals surface area contributed by atoms with Gasteiger partial charge in [-0.25, -0.2) is 4.98 Å². The lowest BCUT2D eigenvalue weighted by atomic mass is 9.83. The molecule has 0 aliphatic heterocycles. The highest BCUT2D eigenvalue weighted by molar-refractivity contribution is 5.93. The smallest absolute Gasteiger partial charge is 0.416 e. The molecule has 2 aliphatic rings. The van der Waals surface area contributed by atoms with E-state index in [1.165, 1.54) is 0 Å². The first kappa shape index (κ1) is 27.6. The quantitative estimate of drug-likeness (QED) is 0.299. The highest BCUT2D eigenvalue weighted by Crippen LogP contribution is 2.35. The van der Waals surface area contributed by atoms with Gasteiger partial charge in [-0.1, -0.05) is 13.0 Å². The Morgan fingerprint density at radius 3 is 2.45 bits per heavy atom. The molecule has 7 nitrogen and oxygen atoms in total. The minimum atomic E-state index is -4.51. The largest absolute Gasteiger partial charge is 0.457 e. The van der Waals surface area contributed by atoms with E-state index in [1.807, 2.05) is 25.1 Å². The van der Waals surface area contributed by atoms with Gasteiger partial charge in [0.1, 0.15) is 17.3 Å². The van der Waals surface area contributed by atoms with Crippen LogP contribution in [0.1, 0.15) is 48.4 Å². The second-order valence-electron chi connectivity index (χ2n) is 10.3. The molecular formula is C30H31F3N4O3. The molecule has 1 fully saturated rings. The normalized spacial score (nSPS) is 16.6. The highest BCUT2D eigenvalue weighted by Gasteiger charge is 2.32.